The van der Waals surface area contributed by atoms with E-state index in [4.69, 9.17) is 15.2 Å². The van der Waals surface area contributed by atoms with Crippen LogP contribution in [0.3, 0.4) is 0 Å². The number of halogens is 2. The second-order valence-electron chi connectivity index (χ2n) is 5.27. The van der Waals surface area contributed by atoms with Gasteiger partial charge in [-0.25, -0.2) is 0 Å². The maximum atomic E-state index is 11.9. The molecule has 3 N–H and O–H groups in total. The summed E-state index contributed by atoms with van der Waals surface area (Å²) >= 11 is 3.43. The minimum Gasteiger partial charge on any atom is -0.493 e. The number of hydrogen-bond acceptors (Lipinski definition) is 4. The first-order valence-electron chi connectivity index (χ1n) is 6.82. The van der Waals surface area contributed by atoms with Crippen LogP contribution in [0.15, 0.2) is 16.6 Å². The molecular formula is C15H24BrClN2O3. The Morgan fingerprint density at radius 3 is 2.45 bits per heavy atom. The zero-order valence-electron chi connectivity index (χ0n) is 13.3. The Hall–Kier alpha value is -0.980. The summed E-state index contributed by atoms with van der Waals surface area (Å²) in [4.78, 5) is 11.9. The Morgan fingerprint density at radius 2 is 1.95 bits per heavy atom. The van der Waals surface area contributed by atoms with E-state index in [0.29, 0.717) is 30.4 Å². The molecular weight excluding hydrogens is 372 g/mol. The number of rotatable bonds is 7. The van der Waals surface area contributed by atoms with Gasteiger partial charge in [-0.15, -0.1) is 12.4 Å². The second-order valence-corrected chi connectivity index (χ2v) is 6.12. The van der Waals surface area contributed by atoms with Crippen LogP contribution in [0.2, 0.25) is 0 Å². The van der Waals surface area contributed by atoms with Gasteiger partial charge in [-0.2, -0.15) is 0 Å². The van der Waals surface area contributed by atoms with E-state index in [1.54, 1.807) is 14.2 Å². The number of nitrogens with one attached hydrogen (secondary N) is 1. The quantitative estimate of drug-likeness (QED) is 0.744. The predicted molar refractivity (Wildman–Crippen MR) is 93.8 cm³/mol. The first-order chi connectivity index (χ1) is 9.88. The smallest absolute Gasteiger partial charge is 0.237 e. The van der Waals surface area contributed by atoms with Crippen molar-refractivity contribution in [3.05, 3.63) is 22.2 Å². The van der Waals surface area contributed by atoms with Gasteiger partial charge in [0.05, 0.1) is 24.7 Å². The summed E-state index contributed by atoms with van der Waals surface area (Å²) in [6.07, 6.45) is 0.668. The van der Waals surface area contributed by atoms with Crippen LogP contribution in [0.25, 0.3) is 0 Å². The molecule has 0 saturated heterocycles. The van der Waals surface area contributed by atoms with Crippen molar-refractivity contribution in [2.24, 2.45) is 11.7 Å². The van der Waals surface area contributed by atoms with E-state index in [2.05, 4.69) is 21.2 Å². The fraction of sp³-hybridized carbons (Fsp3) is 0.533. The molecule has 0 heterocycles. The van der Waals surface area contributed by atoms with Crippen molar-refractivity contribution in [1.82, 2.24) is 5.32 Å². The maximum absolute atomic E-state index is 11.9. The van der Waals surface area contributed by atoms with E-state index in [1.807, 2.05) is 26.0 Å². The molecule has 1 rings (SSSR count). The lowest BCUT2D eigenvalue weighted by molar-refractivity contribution is -0.122. The molecule has 1 atom stereocenters. The van der Waals surface area contributed by atoms with E-state index in [0.717, 1.165) is 10.0 Å². The van der Waals surface area contributed by atoms with Gasteiger partial charge in [0.2, 0.25) is 5.91 Å². The van der Waals surface area contributed by atoms with Gasteiger partial charge in [-0.05, 0) is 46.0 Å². The van der Waals surface area contributed by atoms with Crippen molar-refractivity contribution in [3.63, 3.8) is 0 Å². The topological polar surface area (TPSA) is 73.6 Å². The highest BCUT2D eigenvalue weighted by molar-refractivity contribution is 9.10. The maximum Gasteiger partial charge on any atom is 0.237 e. The Balaban J connectivity index is 0.00000441. The molecule has 0 unspecified atom stereocenters. The summed E-state index contributed by atoms with van der Waals surface area (Å²) in [7, 11) is 3.15. The lowest BCUT2D eigenvalue weighted by atomic mass is 10.0. The van der Waals surface area contributed by atoms with E-state index in [1.165, 1.54) is 0 Å². The lowest BCUT2D eigenvalue weighted by Crippen LogP contribution is -2.41. The number of ether oxygens (including phenoxy) is 2. The zero-order chi connectivity index (χ0) is 16.0. The van der Waals surface area contributed by atoms with Gasteiger partial charge in [-0.3, -0.25) is 4.79 Å². The van der Waals surface area contributed by atoms with Gasteiger partial charge in [0, 0.05) is 6.54 Å². The number of methoxy groups -OCH3 is 2. The molecule has 0 spiro atoms. The second kappa shape index (κ2) is 9.92. The summed E-state index contributed by atoms with van der Waals surface area (Å²) in [5.41, 5.74) is 6.75. The SMILES string of the molecule is COc1cc(CNC(=O)[C@@H](N)CC(C)C)cc(Br)c1OC.Cl. The third-order valence-corrected chi connectivity index (χ3v) is 3.61. The molecule has 0 aliphatic heterocycles. The summed E-state index contributed by atoms with van der Waals surface area (Å²) in [5.74, 6) is 1.49. The molecule has 0 aliphatic rings. The molecule has 0 saturated carbocycles. The molecule has 0 radical (unpaired) electrons. The van der Waals surface area contributed by atoms with Gasteiger partial charge < -0.3 is 20.5 Å². The van der Waals surface area contributed by atoms with Crippen LogP contribution >= 0.6 is 28.3 Å². The fourth-order valence-electron chi connectivity index (χ4n) is 2.01. The number of nitrogens with two attached hydrogens (primary N) is 1. The van der Waals surface area contributed by atoms with Crippen LogP contribution in [-0.4, -0.2) is 26.2 Å². The highest BCUT2D eigenvalue weighted by atomic mass is 79.9. The van der Waals surface area contributed by atoms with Crippen LogP contribution in [0.4, 0.5) is 0 Å². The molecule has 7 heteroatoms. The van der Waals surface area contributed by atoms with Gasteiger partial charge >= 0.3 is 0 Å². The third kappa shape index (κ3) is 6.02. The van der Waals surface area contributed by atoms with Crippen molar-refractivity contribution in [2.45, 2.75) is 32.9 Å². The van der Waals surface area contributed by atoms with Crippen molar-refractivity contribution < 1.29 is 14.3 Å². The van der Waals surface area contributed by atoms with E-state index < -0.39 is 6.04 Å². The zero-order valence-corrected chi connectivity index (χ0v) is 15.7. The third-order valence-electron chi connectivity index (χ3n) is 3.02. The molecule has 0 fully saturated rings. The fourth-order valence-corrected chi connectivity index (χ4v) is 2.66. The van der Waals surface area contributed by atoms with Crippen LogP contribution in [0.1, 0.15) is 25.8 Å². The number of amides is 1. The number of hydrogen-bond donors (Lipinski definition) is 2. The molecule has 1 aromatic rings. The predicted octanol–water partition coefficient (Wildman–Crippen LogP) is 2.88. The first kappa shape index (κ1) is 21.0. The Bertz CT molecular complexity index is 498. The Kier molecular flexibility index (Phi) is 9.48. The average molecular weight is 396 g/mol. The lowest BCUT2D eigenvalue weighted by Gasteiger charge is -2.15. The summed E-state index contributed by atoms with van der Waals surface area (Å²) in [6.45, 7) is 4.47. The molecule has 0 bridgehead atoms. The molecule has 0 aliphatic carbocycles. The molecule has 1 aromatic carbocycles. The molecule has 1 amide bonds. The normalized spacial score (nSPS) is 11.6. The standard InChI is InChI=1S/C15H23BrN2O3.ClH/c1-9(2)5-12(17)15(19)18-8-10-6-11(16)14(21-4)13(7-10)20-3;/h6-7,9,12H,5,8,17H2,1-4H3,(H,18,19);1H/t12-;/m0./s1. The summed E-state index contributed by atoms with van der Waals surface area (Å²) in [5, 5.41) is 2.84. The van der Waals surface area contributed by atoms with Crippen molar-refractivity contribution >= 4 is 34.2 Å². The minimum absolute atomic E-state index is 0. The van der Waals surface area contributed by atoms with E-state index in [9.17, 15) is 4.79 Å². The van der Waals surface area contributed by atoms with E-state index >= 15 is 0 Å². The largest absolute Gasteiger partial charge is 0.493 e. The highest BCUT2D eigenvalue weighted by Crippen LogP contribution is 2.36. The van der Waals surface area contributed by atoms with Crippen LogP contribution in [-0.2, 0) is 11.3 Å². The average Bonchev–Trinajstić information content (AvgIpc) is 2.43. The molecule has 0 aromatic heterocycles. The summed E-state index contributed by atoms with van der Waals surface area (Å²) in [6, 6.07) is 3.24. The van der Waals surface area contributed by atoms with Crippen molar-refractivity contribution in [2.75, 3.05) is 14.2 Å². The molecule has 5 nitrogen and oxygen atoms in total. The number of benzene rings is 1. The Morgan fingerprint density at radius 1 is 1.32 bits per heavy atom. The summed E-state index contributed by atoms with van der Waals surface area (Å²) < 4.78 is 11.3. The number of carbonyl (C=O) groups excluding carboxylic acids is 1. The van der Waals surface area contributed by atoms with Gasteiger partial charge in [-0.1, -0.05) is 13.8 Å². The molecule has 126 valence electrons. The van der Waals surface area contributed by atoms with Crippen molar-refractivity contribution in [1.29, 1.82) is 0 Å². The van der Waals surface area contributed by atoms with Crippen LogP contribution in [0.5, 0.6) is 11.5 Å². The Labute approximate surface area is 146 Å². The van der Waals surface area contributed by atoms with Gasteiger partial charge in [0.1, 0.15) is 0 Å². The molecule has 22 heavy (non-hydrogen) atoms. The monoisotopic (exact) mass is 394 g/mol. The minimum atomic E-state index is -0.478. The van der Waals surface area contributed by atoms with Gasteiger partial charge in [0.25, 0.3) is 0 Å². The van der Waals surface area contributed by atoms with Crippen molar-refractivity contribution in [3.8, 4) is 11.5 Å². The van der Waals surface area contributed by atoms with Crippen LogP contribution < -0.4 is 20.5 Å². The van der Waals surface area contributed by atoms with E-state index in [-0.39, 0.29) is 18.3 Å². The highest BCUT2D eigenvalue weighted by Gasteiger charge is 2.15. The number of carbonyl (C=O) groups is 1. The first-order valence-corrected chi connectivity index (χ1v) is 7.62. The van der Waals surface area contributed by atoms with Crippen LogP contribution in [0, 0.1) is 5.92 Å². The van der Waals surface area contributed by atoms with Gasteiger partial charge in [0.15, 0.2) is 11.5 Å².